The zero-order valence-corrected chi connectivity index (χ0v) is 18.1. The molecule has 0 atom stereocenters. The molecule has 0 saturated carbocycles. The minimum Gasteiger partial charge on any atom is -0.330 e. The molecular formula is C25H20F4N4O. The molecule has 1 amide bonds. The maximum atomic E-state index is 13.5. The van der Waals surface area contributed by atoms with E-state index in [1.807, 2.05) is 34.9 Å². The summed E-state index contributed by atoms with van der Waals surface area (Å²) >= 11 is 0. The van der Waals surface area contributed by atoms with Crippen molar-refractivity contribution in [3.8, 4) is 0 Å². The molecule has 174 valence electrons. The Morgan fingerprint density at radius 2 is 1.68 bits per heavy atom. The minimum absolute atomic E-state index is 0.0693. The van der Waals surface area contributed by atoms with E-state index < -0.39 is 23.6 Å². The predicted octanol–water partition coefficient (Wildman–Crippen LogP) is 5.64. The summed E-state index contributed by atoms with van der Waals surface area (Å²) in [6.07, 6.45) is -1.85. The molecule has 4 rings (SSSR count). The Morgan fingerprint density at radius 1 is 0.971 bits per heavy atom. The first kappa shape index (κ1) is 23.2. The van der Waals surface area contributed by atoms with Crippen molar-refractivity contribution in [1.29, 1.82) is 0 Å². The van der Waals surface area contributed by atoms with E-state index in [0.29, 0.717) is 23.6 Å². The van der Waals surface area contributed by atoms with Gasteiger partial charge in [-0.1, -0.05) is 36.4 Å². The van der Waals surface area contributed by atoms with Crippen molar-refractivity contribution in [1.82, 2.24) is 14.5 Å². The molecule has 5 nitrogen and oxygen atoms in total. The molecule has 0 fully saturated rings. The van der Waals surface area contributed by atoms with Crippen molar-refractivity contribution in [3.63, 3.8) is 0 Å². The average Bonchev–Trinajstić information content (AvgIpc) is 3.18. The molecule has 2 aromatic carbocycles. The van der Waals surface area contributed by atoms with Gasteiger partial charge in [0.15, 0.2) is 0 Å². The van der Waals surface area contributed by atoms with Crippen LogP contribution < -0.4 is 4.90 Å². The number of carbonyl (C=O) groups excluding carboxylic acids is 1. The summed E-state index contributed by atoms with van der Waals surface area (Å²) in [4.78, 5) is 22.6. The van der Waals surface area contributed by atoms with Crippen LogP contribution in [-0.4, -0.2) is 20.4 Å². The third-order valence-corrected chi connectivity index (χ3v) is 5.23. The first-order valence-corrected chi connectivity index (χ1v) is 10.4. The highest BCUT2D eigenvalue weighted by molar-refractivity contribution is 6.04. The number of aromatic nitrogens is 3. The molecule has 0 aliphatic heterocycles. The lowest BCUT2D eigenvalue weighted by Gasteiger charge is -2.22. The quantitative estimate of drug-likeness (QED) is 0.344. The molecule has 4 aromatic rings. The molecule has 0 aliphatic rings. The van der Waals surface area contributed by atoms with Crippen LogP contribution in [0.3, 0.4) is 0 Å². The Balaban J connectivity index is 1.63. The van der Waals surface area contributed by atoms with Gasteiger partial charge in [0.05, 0.1) is 6.54 Å². The molecule has 0 unspecified atom stereocenters. The predicted molar refractivity (Wildman–Crippen MR) is 119 cm³/mol. The van der Waals surface area contributed by atoms with Crippen molar-refractivity contribution < 1.29 is 22.4 Å². The normalized spacial score (nSPS) is 11.4. The first-order valence-electron chi connectivity index (χ1n) is 10.4. The number of alkyl halides is 3. The van der Waals surface area contributed by atoms with Crippen molar-refractivity contribution >= 4 is 11.6 Å². The second-order valence-corrected chi connectivity index (χ2v) is 7.70. The molecule has 2 heterocycles. The number of hydrogen-bond donors (Lipinski definition) is 0. The smallest absolute Gasteiger partial charge is 0.330 e. The van der Waals surface area contributed by atoms with E-state index in [9.17, 15) is 22.4 Å². The van der Waals surface area contributed by atoms with Crippen LogP contribution in [0.4, 0.5) is 23.2 Å². The molecule has 0 aliphatic carbocycles. The van der Waals surface area contributed by atoms with Gasteiger partial charge in [0.25, 0.3) is 5.91 Å². The van der Waals surface area contributed by atoms with Gasteiger partial charge in [0.1, 0.15) is 23.0 Å². The van der Waals surface area contributed by atoms with Crippen LogP contribution in [0.2, 0.25) is 0 Å². The molecule has 0 N–H and O–H groups in total. The van der Waals surface area contributed by atoms with E-state index in [2.05, 4.69) is 9.97 Å². The SMILES string of the molecule is Cc1nc(C(=O)N(Cc2ccc(C(F)(F)F)nc2)c2ccc(F)cc2)cn1Cc1ccccc1. The fraction of sp³-hybridized carbons (Fsp3) is 0.160. The number of anilines is 1. The van der Waals surface area contributed by atoms with Crippen LogP contribution in [0.1, 0.15) is 33.1 Å². The monoisotopic (exact) mass is 468 g/mol. The molecule has 34 heavy (non-hydrogen) atoms. The highest BCUT2D eigenvalue weighted by Gasteiger charge is 2.32. The number of amides is 1. The Kier molecular flexibility index (Phi) is 6.45. The van der Waals surface area contributed by atoms with E-state index >= 15 is 0 Å². The maximum absolute atomic E-state index is 13.5. The van der Waals surface area contributed by atoms with Crippen LogP contribution >= 0.6 is 0 Å². The second-order valence-electron chi connectivity index (χ2n) is 7.70. The van der Waals surface area contributed by atoms with Crippen LogP contribution in [0, 0.1) is 12.7 Å². The third kappa shape index (κ3) is 5.31. The van der Waals surface area contributed by atoms with Gasteiger partial charge >= 0.3 is 6.18 Å². The van der Waals surface area contributed by atoms with E-state index in [1.165, 1.54) is 35.2 Å². The van der Waals surface area contributed by atoms with E-state index in [1.54, 1.807) is 13.1 Å². The summed E-state index contributed by atoms with van der Waals surface area (Å²) in [6, 6.07) is 17.1. The van der Waals surface area contributed by atoms with Crippen LogP contribution in [-0.2, 0) is 19.3 Å². The number of carbonyl (C=O) groups is 1. The molecular weight excluding hydrogens is 448 g/mol. The minimum atomic E-state index is -4.56. The van der Waals surface area contributed by atoms with Crippen LogP contribution in [0.15, 0.2) is 79.1 Å². The van der Waals surface area contributed by atoms with Gasteiger partial charge in [-0.2, -0.15) is 13.2 Å². The molecule has 2 aromatic heterocycles. The van der Waals surface area contributed by atoms with E-state index in [0.717, 1.165) is 17.8 Å². The first-order chi connectivity index (χ1) is 16.2. The Morgan fingerprint density at radius 3 is 2.29 bits per heavy atom. The zero-order chi connectivity index (χ0) is 24.3. The summed E-state index contributed by atoms with van der Waals surface area (Å²) < 4.78 is 53.9. The summed E-state index contributed by atoms with van der Waals surface area (Å²) in [6.45, 7) is 2.23. The molecule has 0 radical (unpaired) electrons. The highest BCUT2D eigenvalue weighted by Crippen LogP contribution is 2.28. The van der Waals surface area contributed by atoms with Gasteiger partial charge in [-0.3, -0.25) is 9.78 Å². The lowest BCUT2D eigenvalue weighted by atomic mass is 10.2. The zero-order valence-electron chi connectivity index (χ0n) is 18.1. The van der Waals surface area contributed by atoms with Crippen molar-refractivity contribution in [2.45, 2.75) is 26.2 Å². The van der Waals surface area contributed by atoms with Gasteiger partial charge in [0.2, 0.25) is 0 Å². The Labute approximate surface area is 193 Å². The number of aryl methyl sites for hydroxylation is 1. The number of imidazole rings is 1. The fourth-order valence-electron chi connectivity index (χ4n) is 3.46. The van der Waals surface area contributed by atoms with Crippen molar-refractivity contribution in [2.75, 3.05) is 4.90 Å². The van der Waals surface area contributed by atoms with Crippen molar-refractivity contribution in [2.24, 2.45) is 0 Å². The summed E-state index contributed by atoms with van der Waals surface area (Å²) in [5.74, 6) is -0.320. The number of rotatable bonds is 6. The molecule has 9 heteroatoms. The highest BCUT2D eigenvalue weighted by atomic mass is 19.4. The number of pyridine rings is 1. The number of halogens is 4. The van der Waals surface area contributed by atoms with Gasteiger partial charge in [-0.15, -0.1) is 0 Å². The lowest BCUT2D eigenvalue weighted by Crippen LogP contribution is -2.31. The second kappa shape index (κ2) is 9.46. The molecule has 0 saturated heterocycles. The Bertz CT molecular complexity index is 1270. The van der Waals surface area contributed by atoms with Gasteiger partial charge in [0, 0.05) is 24.6 Å². The summed E-state index contributed by atoms with van der Waals surface area (Å²) in [5, 5.41) is 0. The van der Waals surface area contributed by atoms with E-state index in [-0.39, 0.29) is 12.2 Å². The molecule has 0 spiro atoms. The standard InChI is InChI=1S/C25H20F4N4O/c1-17-31-22(16-32(17)14-18-5-3-2-4-6-18)24(34)33(21-10-8-20(26)9-11-21)15-19-7-12-23(30-13-19)25(27,28)29/h2-13,16H,14-15H2,1H3. The van der Waals surface area contributed by atoms with Crippen LogP contribution in [0.25, 0.3) is 0 Å². The largest absolute Gasteiger partial charge is 0.433 e. The van der Waals surface area contributed by atoms with Gasteiger partial charge in [-0.05, 0) is 48.4 Å². The number of nitrogens with zero attached hydrogens (tertiary/aromatic N) is 4. The fourth-order valence-corrected chi connectivity index (χ4v) is 3.46. The number of benzene rings is 2. The lowest BCUT2D eigenvalue weighted by molar-refractivity contribution is -0.141. The summed E-state index contributed by atoms with van der Waals surface area (Å²) in [5.41, 5.74) is 0.935. The van der Waals surface area contributed by atoms with Gasteiger partial charge < -0.3 is 9.47 Å². The third-order valence-electron chi connectivity index (χ3n) is 5.23. The van der Waals surface area contributed by atoms with E-state index in [4.69, 9.17) is 0 Å². The van der Waals surface area contributed by atoms with Crippen LogP contribution in [0.5, 0.6) is 0 Å². The number of hydrogen-bond acceptors (Lipinski definition) is 3. The summed E-state index contributed by atoms with van der Waals surface area (Å²) in [7, 11) is 0. The van der Waals surface area contributed by atoms with Crippen molar-refractivity contribution in [3.05, 3.63) is 113 Å². The van der Waals surface area contributed by atoms with Gasteiger partial charge in [-0.25, -0.2) is 9.37 Å². The average molecular weight is 468 g/mol. The Hall–Kier alpha value is -4.01. The molecule has 0 bridgehead atoms. The topological polar surface area (TPSA) is 51.0 Å². The maximum Gasteiger partial charge on any atom is 0.433 e.